The number of aromatic nitrogens is 2. The second-order valence-electron chi connectivity index (χ2n) is 7.85. The summed E-state index contributed by atoms with van der Waals surface area (Å²) in [6, 6.07) is 20.4. The van der Waals surface area contributed by atoms with Crippen LogP contribution in [0.5, 0.6) is 0 Å². The number of nitrogens with one attached hydrogen (secondary N) is 1. The van der Waals surface area contributed by atoms with E-state index in [9.17, 15) is 9.90 Å². The van der Waals surface area contributed by atoms with E-state index in [1.54, 1.807) is 18.2 Å². The molecule has 0 saturated heterocycles. The van der Waals surface area contributed by atoms with E-state index >= 15 is 0 Å². The standard InChI is InChI=1S/C24H21N4O2/c1-27(2)14-16-6-5-7-18(12-16)28-23(29)19-8-3-4-9-20(19)24(28,30)17-10-11-21-22(13-17)26-15-25-21/h3-13,30H,14H2,1-2H3,(H,25,26). The van der Waals surface area contributed by atoms with Crippen LogP contribution in [-0.4, -0.2) is 40.0 Å². The SMILES string of the molecule is CN(C)Cc1cccc(N2C(=O)c3ccccc3C2(O)c2ccc3[nH][c]nc3c2)c1. The average Bonchev–Trinajstić information content (AvgIpc) is 3.29. The number of rotatable bonds is 4. The van der Waals surface area contributed by atoms with Gasteiger partial charge in [-0.05, 0) is 50.0 Å². The lowest BCUT2D eigenvalue weighted by atomic mass is 9.93. The maximum atomic E-state index is 13.5. The smallest absolute Gasteiger partial charge is 0.261 e. The molecule has 1 unspecified atom stereocenters. The lowest BCUT2D eigenvalue weighted by Gasteiger charge is -2.35. The normalized spacial score (nSPS) is 18.4. The summed E-state index contributed by atoms with van der Waals surface area (Å²) in [6.45, 7) is 0.732. The van der Waals surface area contributed by atoms with Gasteiger partial charge < -0.3 is 15.0 Å². The van der Waals surface area contributed by atoms with Crippen LogP contribution in [0.2, 0.25) is 0 Å². The average molecular weight is 397 g/mol. The molecule has 4 aromatic rings. The van der Waals surface area contributed by atoms with E-state index in [2.05, 4.69) is 21.2 Å². The minimum absolute atomic E-state index is 0.233. The molecule has 1 aromatic heterocycles. The van der Waals surface area contributed by atoms with Gasteiger partial charge in [0.1, 0.15) is 0 Å². The van der Waals surface area contributed by atoms with Gasteiger partial charge in [0.25, 0.3) is 5.91 Å². The summed E-state index contributed by atoms with van der Waals surface area (Å²) < 4.78 is 0. The number of imidazole rings is 1. The summed E-state index contributed by atoms with van der Waals surface area (Å²) >= 11 is 0. The summed E-state index contributed by atoms with van der Waals surface area (Å²) in [4.78, 5) is 24.1. The minimum atomic E-state index is -1.64. The van der Waals surface area contributed by atoms with Crippen LogP contribution < -0.4 is 4.90 Å². The maximum Gasteiger partial charge on any atom is 0.261 e. The quantitative estimate of drug-likeness (QED) is 0.554. The van der Waals surface area contributed by atoms with E-state index in [1.165, 1.54) is 4.90 Å². The number of fused-ring (bicyclic) bond motifs is 2. The molecular formula is C24H21N4O2. The van der Waals surface area contributed by atoms with E-state index in [4.69, 9.17) is 0 Å². The molecule has 2 N–H and O–H groups in total. The number of aromatic amines is 1. The van der Waals surface area contributed by atoms with Crippen LogP contribution in [0.1, 0.15) is 27.0 Å². The fourth-order valence-corrected chi connectivity index (χ4v) is 4.20. The first kappa shape index (κ1) is 18.5. The Bertz CT molecular complexity index is 1260. The summed E-state index contributed by atoms with van der Waals surface area (Å²) in [5, 5.41) is 12.1. The number of carbonyl (C=O) groups excluding carboxylic acids is 1. The monoisotopic (exact) mass is 397 g/mol. The van der Waals surface area contributed by atoms with Gasteiger partial charge in [0.05, 0.1) is 11.0 Å². The highest BCUT2D eigenvalue weighted by Gasteiger charge is 2.50. The Morgan fingerprint density at radius 3 is 2.77 bits per heavy atom. The Hall–Kier alpha value is -3.48. The Labute approximate surface area is 174 Å². The molecular weight excluding hydrogens is 376 g/mol. The molecule has 6 nitrogen and oxygen atoms in total. The first-order valence-corrected chi connectivity index (χ1v) is 9.75. The molecule has 0 fully saturated rings. The zero-order chi connectivity index (χ0) is 20.9. The molecule has 0 bridgehead atoms. The molecule has 0 saturated carbocycles. The van der Waals surface area contributed by atoms with Crippen molar-refractivity contribution in [3.8, 4) is 0 Å². The van der Waals surface area contributed by atoms with E-state index in [0.29, 0.717) is 27.9 Å². The van der Waals surface area contributed by atoms with Gasteiger partial charge >= 0.3 is 0 Å². The second kappa shape index (κ2) is 6.79. The Kier molecular flexibility index (Phi) is 4.20. The molecule has 1 radical (unpaired) electrons. The van der Waals surface area contributed by atoms with Crippen molar-refractivity contribution in [1.82, 2.24) is 14.9 Å². The third kappa shape index (κ3) is 2.73. The van der Waals surface area contributed by atoms with E-state index in [-0.39, 0.29) is 5.91 Å². The van der Waals surface area contributed by atoms with Crippen molar-refractivity contribution in [3.63, 3.8) is 0 Å². The number of amides is 1. The lowest BCUT2D eigenvalue weighted by Crippen LogP contribution is -2.45. The molecule has 5 rings (SSSR count). The number of aliphatic hydroxyl groups is 1. The largest absolute Gasteiger partial charge is 0.363 e. The Morgan fingerprint density at radius 2 is 1.93 bits per heavy atom. The third-order valence-electron chi connectivity index (χ3n) is 5.49. The number of H-pyrrole nitrogens is 1. The van der Waals surface area contributed by atoms with Crippen LogP contribution in [0.3, 0.4) is 0 Å². The molecule has 1 aliphatic heterocycles. The number of hydrogen-bond donors (Lipinski definition) is 2. The third-order valence-corrected chi connectivity index (χ3v) is 5.49. The van der Waals surface area contributed by atoms with Crippen molar-refractivity contribution in [1.29, 1.82) is 0 Å². The molecule has 1 amide bonds. The van der Waals surface area contributed by atoms with Gasteiger partial charge in [-0.1, -0.05) is 36.4 Å². The van der Waals surface area contributed by atoms with Crippen molar-refractivity contribution in [2.75, 3.05) is 19.0 Å². The highest BCUT2D eigenvalue weighted by molar-refractivity contribution is 6.12. The number of anilines is 1. The molecule has 149 valence electrons. The van der Waals surface area contributed by atoms with Crippen molar-refractivity contribution in [2.24, 2.45) is 0 Å². The number of carbonyl (C=O) groups is 1. The van der Waals surface area contributed by atoms with Gasteiger partial charge in [-0.15, -0.1) is 0 Å². The van der Waals surface area contributed by atoms with Crippen LogP contribution in [0.15, 0.2) is 66.7 Å². The van der Waals surface area contributed by atoms with Gasteiger partial charge in [-0.3, -0.25) is 9.69 Å². The highest BCUT2D eigenvalue weighted by atomic mass is 16.3. The summed E-state index contributed by atoms with van der Waals surface area (Å²) in [5.41, 5.74) is 3.19. The second-order valence-corrected chi connectivity index (χ2v) is 7.85. The molecule has 0 spiro atoms. The topological polar surface area (TPSA) is 72.5 Å². The van der Waals surface area contributed by atoms with Gasteiger partial charge in [-0.2, -0.15) is 0 Å². The summed E-state index contributed by atoms with van der Waals surface area (Å²) in [6.07, 6.45) is 2.72. The molecule has 1 aliphatic rings. The van der Waals surface area contributed by atoms with Crippen LogP contribution in [0.25, 0.3) is 11.0 Å². The molecule has 30 heavy (non-hydrogen) atoms. The molecule has 2 heterocycles. The van der Waals surface area contributed by atoms with E-state index < -0.39 is 5.72 Å². The zero-order valence-corrected chi connectivity index (χ0v) is 16.8. The van der Waals surface area contributed by atoms with Crippen LogP contribution in [0, 0.1) is 6.33 Å². The lowest BCUT2D eigenvalue weighted by molar-refractivity contribution is 0.0704. The van der Waals surface area contributed by atoms with Crippen LogP contribution in [0.4, 0.5) is 5.69 Å². The van der Waals surface area contributed by atoms with E-state index in [0.717, 1.165) is 17.6 Å². The molecule has 0 aliphatic carbocycles. The first-order valence-electron chi connectivity index (χ1n) is 9.75. The molecule has 1 atom stereocenters. The summed E-state index contributed by atoms with van der Waals surface area (Å²) in [5.74, 6) is -0.233. The van der Waals surface area contributed by atoms with Crippen molar-refractivity contribution in [2.45, 2.75) is 12.3 Å². The first-order chi connectivity index (χ1) is 14.5. The van der Waals surface area contributed by atoms with Crippen LogP contribution >= 0.6 is 0 Å². The van der Waals surface area contributed by atoms with Crippen molar-refractivity contribution in [3.05, 3.63) is 95.3 Å². The Morgan fingerprint density at radius 1 is 1.10 bits per heavy atom. The Balaban J connectivity index is 1.72. The molecule has 3 aromatic carbocycles. The van der Waals surface area contributed by atoms with Gasteiger partial charge in [0.2, 0.25) is 0 Å². The van der Waals surface area contributed by atoms with Crippen molar-refractivity contribution >= 4 is 22.6 Å². The summed E-state index contributed by atoms with van der Waals surface area (Å²) in [7, 11) is 3.99. The highest BCUT2D eigenvalue weighted by Crippen LogP contribution is 2.45. The predicted octanol–water partition coefficient (Wildman–Crippen LogP) is 3.28. The predicted molar refractivity (Wildman–Crippen MR) is 115 cm³/mol. The van der Waals surface area contributed by atoms with Gasteiger partial charge in [0, 0.05) is 28.9 Å². The van der Waals surface area contributed by atoms with Gasteiger partial charge in [0.15, 0.2) is 12.1 Å². The van der Waals surface area contributed by atoms with Crippen LogP contribution in [-0.2, 0) is 12.3 Å². The van der Waals surface area contributed by atoms with E-state index in [1.807, 2.05) is 62.6 Å². The van der Waals surface area contributed by atoms with Crippen molar-refractivity contribution < 1.29 is 9.90 Å². The maximum absolute atomic E-state index is 13.5. The molecule has 6 heteroatoms. The van der Waals surface area contributed by atoms with Gasteiger partial charge in [-0.25, -0.2) is 4.98 Å². The number of benzene rings is 3. The number of nitrogens with zero attached hydrogens (tertiary/aromatic N) is 3. The zero-order valence-electron chi connectivity index (χ0n) is 16.8. The fraction of sp³-hybridized carbons (Fsp3) is 0.167. The minimum Gasteiger partial charge on any atom is -0.363 e. The fourth-order valence-electron chi connectivity index (χ4n) is 4.20. The number of hydrogen-bond acceptors (Lipinski definition) is 4.